The number of aliphatic hydroxyl groups excluding tert-OH is 1. The van der Waals surface area contributed by atoms with E-state index in [9.17, 15) is 9.90 Å². The SMILES string of the molecule is O=C1/C(=C/c2ccccc2)C([O+]2CCCC2)=C(O)N1c1ccccc1. The van der Waals surface area contributed by atoms with Gasteiger partial charge >= 0.3 is 5.76 Å². The van der Waals surface area contributed by atoms with Gasteiger partial charge in [0, 0.05) is 12.8 Å². The minimum absolute atomic E-state index is 0.00900. The summed E-state index contributed by atoms with van der Waals surface area (Å²) in [6, 6.07) is 19.0. The van der Waals surface area contributed by atoms with Gasteiger partial charge in [-0.15, -0.1) is 0 Å². The summed E-state index contributed by atoms with van der Waals surface area (Å²) in [6.45, 7) is 1.56. The van der Waals surface area contributed by atoms with Crippen molar-refractivity contribution in [1.29, 1.82) is 0 Å². The highest BCUT2D eigenvalue weighted by Gasteiger charge is 2.45. The molecule has 0 aliphatic carbocycles. The molecule has 0 bridgehead atoms. The van der Waals surface area contributed by atoms with Gasteiger partial charge in [-0.05, 0) is 23.8 Å². The fraction of sp³-hybridized carbons (Fsp3) is 0.190. The van der Waals surface area contributed by atoms with Crippen LogP contribution < -0.4 is 4.90 Å². The van der Waals surface area contributed by atoms with Gasteiger partial charge in [0.2, 0.25) is 0 Å². The molecule has 0 unspecified atom stereocenters. The van der Waals surface area contributed by atoms with Gasteiger partial charge in [-0.25, -0.2) is 4.90 Å². The van der Waals surface area contributed by atoms with Crippen molar-refractivity contribution in [3.63, 3.8) is 0 Å². The maximum atomic E-state index is 13.1. The number of amides is 1. The number of nitrogens with zero attached hydrogens (tertiary/aromatic N) is 1. The molecule has 0 aromatic heterocycles. The molecule has 2 heterocycles. The van der Waals surface area contributed by atoms with Crippen molar-refractivity contribution < 1.29 is 14.3 Å². The van der Waals surface area contributed by atoms with Crippen LogP contribution in [0.25, 0.3) is 6.08 Å². The number of carbonyl (C=O) groups excluding carboxylic acids is 1. The van der Waals surface area contributed by atoms with Gasteiger partial charge in [0.05, 0.1) is 5.69 Å². The van der Waals surface area contributed by atoms with Crippen LogP contribution >= 0.6 is 0 Å². The standard InChI is InChI=1S/C21H19NO3/c23-20-18(15-16-9-3-1-4-10-16)19(25-13-7-8-14-25)21(24)22(20)17-11-5-2-6-12-17/h1-6,9-12,15H,7-8,13-14H2/p+1/b18-15+. The molecule has 1 amide bonds. The summed E-state index contributed by atoms with van der Waals surface area (Å²) in [5.74, 6) is 0.349. The second-order valence-corrected chi connectivity index (χ2v) is 6.21. The van der Waals surface area contributed by atoms with Gasteiger partial charge in [0.25, 0.3) is 11.8 Å². The molecule has 4 heteroatoms. The third-order valence-corrected chi connectivity index (χ3v) is 4.54. The number of aliphatic hydroxyl groups is 1. The summed E-state index contributed by atoms with van der Waals surface area (Å²) in [7, 11) is 0. The Hall–Kier alpha value is -3.01. The third-order valence-electron chi connectivity index (χ3n) is 4.54. The number of carbonyl (C=O) groups is 1. The van der Waals surface area contributed by atoms with E-state index >= 15 is 0 Å². The Morgan fingerprint density at radius 3 is 2.16 bits per heavy atom. The predicted molar refractivity (Wildman–Crippen MR) is 98.1 cm³/mol. The Morgan fingerprint density at radius 1 is 0.920 bits per heavy atom. The number of para-hydroxylation sites is 1. The molecule has 1 saturated heterocycles. The predicted octanol–water partition coefficient (Wildman–Crippen LogP) is 4.19. The molecule has 2 aromatic rings. The molecule has 4 rings (SSSR count). The average Bonchev–Trinajstić information content (AvgIpc) is 3.24. The second kappa shape index (κ2) is 6.48. The second-order valence-electron chi connectivity index (χ2n) is 6.21. The van der Waals surface area contributed by atoms with Crippen molar-refractivity contribution in [2.75, 3.05) is 18.1 Å². The van der Waals surface area contributed by atoms with Gasteiger partial charge in [0.15, 0.2) is 13.2 Å². The number of hydrogen-bond donors (Lipinski definition) is 1. The average molecular weight is 334 g/mol. The van der Waals surface area contributed by atoms with Gasteiger partial charge in [-0.1, -0.05) is 48.5 Å². The molecule has 0 saturated carbocycles. The molecular weight excluding hydrogens is 314 g/mol. The lowest BCUT2D eigenvalue weighted by Crippen LogP contribution is -2.25. The third kappa shape index (κ3) is 2.80. The summed E-state index contributed by atoms with van der Waals surface area (Å²) in [5.41, 5.74) is 2.11. The van der Waals surface area contributed by atoms with E-state index in [-0.39, 0.29) is 11.8 Å². The lowest BCUT2D eigenvalue weighted by molar-refractivity contribution is -0.114. The zero-order chi connectivity index (χ0) is 17.2. The van der Waals surface area contributed by atoms with Gasteiger partial charge in [0.1, 0.15) is 5.57 Å². The van der Waals surface area contributed by atoms with Crippen molar-refractivity contribution >= 4 is 17.7 Å². The normalized spacial score (nSPS) is 19.4. The Balaban J connectivity index is 1.82. The number of anilines is 1. The first-order chi connectivity index (χ1) is 12.3. The molecule has 0 spiro atoms. The van der Waals surface area contributed by atoms with Crippen LogP contribution in [0.15, 0.2) is 77.9 Å². The van der Waals surface area contributed by atoms with Crippen LogP contribution in [0, 0.1) is 0 Å². The molecule has 25 heavy (non-hydrogen) atoms. The van der Waals surface area contributed by atoms with Crippen LogP contribution in [0.4, 0.5) is 5.69 Å². The van der Waals surface area contributed by atoms with E-state index in [1.54, 1.807) is 0 Å². The molecular formula is C21H20NO3+. The summed E-state index contributed by atoms with van der Waals surface area (Å²) in [5, 5.41) is 10.9. The highest BCUT2D eigenvalue weighted by Crippen LogP contribution is 2.38. The van der Waals surface area contributed by atoms with Gasteiger partial charge in [-0.2, -0.15) is 0 Å². The first-order valence-corrected chi connectivity index (χ1v) is 8.53. The van der Waals surface area contributed by atoms with Crippen molar-refractivity contribution in [2.45, 2.75) is 12.8 Å². The Bertz CT molecular complexity index is 834. The van der Waals surface area contributed by atoms with Crippen LogP contribution in [-0.4, -0.2) is 24.2 Å². The Morgan fingerprint density at radius 2 is 1.52 bits per heavy atom. The monoisotopic (exact) mass is 334 g/mol. The van der Waals surface area contributed by atoms with Gasteiger partial charge in [-0.3, -0.25) is 4.79 Å². The van der Waals surface area contributed by atoms with Crippen molar-refractivity contribution in [3.05, 3.63) is 83.4 Å². The lowest BCUT2D eigenvalue weighted by atomic mass is 10.1. The Kier molecular flexibility index (Phi) is 4.02. The molecule has 2 aromatic carbocycles. The quantitative estimate of drug-likeness (QED) is 0.675. The summed E-state index contributed by atoms with van der Waals surface area (Å²) < 4.78 is 3.05. The zero-order valence-corrected chi connectivity index (χ0v) is 13.9. The molecule has 1 fully saturated rings. The summed E-state index contributed by atoms with van der Waals surface area (Å²) in [6.07, 6.45) is 3.93. The first kappa shape index (κ1) is 15.5. The van der Waals surface area contributed by atoms with Crippen LogP contribution in [-0.2, 0) is 9.16 Å². The van der Waals surface area contributed by atoms with Crippen molar-refractivity contribution in [3.8, 4) is 0 Å². The van der Waals surface area contributed by atoms with E-state index in [1.165, 1.54) is 4.90 Å². The molecule has 2 aliphatic rings. The van der Waals surface area contributed by atoms with Crippen LogP contribution in [0.2, 0.25) is 0 Å². The zero-order valence-electron chi connectivity index (χ0n) is 13.9. The fourth-order valence-corrected chi connectivity index (χ4v) is 3.34. The van der Waals surface area contributed by atoms with E-state index in [0.717, 1.165) is 31.6 Å². The minimum atomic E-state index is -0.207. The highest BCUT2D eigenvalue weighted by molar-refractivity contribution is 6.16. The molecule has 126 valence electrons. The summed E-state index contributed by atoms with van der Waals surface area (Å²) >= 11 is 0. The van der Waals surface area contributed by atoms with E-state index in [1.807, 2.05) is 66.7 Å². The summed E-state index contributed by atoms with van der Waals surface area (Å²) in [4.78, 5) is 14.5. The van der Waals surface area contributed by atoms with Crippen LogP contribution in [0.3, 0.4) is 0 Å². The smallest absolute Gasteiger partial charge is 0.330 e. The van der Waals surface area contributed by atoms with E-state index in [2.05, 4.69) is 4.37 Å². The minimum Gasteiger partial charge on any atom is -0.568 e. The maximum absolute atomic E-state index is 13.1. The van der Waals surface area contributed by atoms with Gasteiger partial charge < -0.3 is 9.47 Å². The van der Waals surface area contributed by atoms with Crippen molar-refractivity contribution in [2.24, 2.45) is 0 Å². The van der Waals surface area contributed by atoms with Crippen LogP contribution in [0.1, 0.15) is 18.4 Å². The molecule has 0 atom stereocenters. The fourth-order valence-electron chi connectivity index (χ4n) is 3.34. The highest BCUT2D eigenvalue weighted by atomic mass is 16.7. The molecule has 1 N–H and O–H groups in total. The molecule has 4 nitrogen and oxygen atoms in total. The lowest BCUT2D eigenvalue weighted by Gasteiger charge is -2.18. The van der Waals surface area contributed by atoms with E-state index in [0.29, 0.717) is 17.0 Å². The first-order valence-electron chi connectivity index (χ1n) is 8.53. The van der Waals surface area contributed by atoms with Crippen LogP contribution in [0.5, 0.6) is 0 Å². The molecule has 2 aliphatic heterocycles. The topological polar surface area (TPSA) is 43.2 Å². The number of hydrogen-bond acceptors (Lipinski definition) is 2. The number of rotatable bonds is 3. The molecule has 0 radical (unpaired) electrons. The van der Waals surface area contributed by atoms with E-state index in [4.69, 9.17) is 0 Å². The maximum Gasteiger partial charge on any atom is 0.330 e. The number of benzene rings is 2. The van der Waals surface area contributed by atoms with Crippen molar-refractivity contribution in [1.82, 2.24) is 0 Å². The van der Waals surface area contributed by atoms with E-state index < -0.39 is 0 Å². The Labute approximate surface area is 147 Å². The largest absolute Gasteiger partial charge is 0.568 e.